The highest BCUT2D eigenvalue weighted by atomic mass is 127. The SMILES string of the molecule is O=C(c1ccccc1)C1C=CC=C(I)C1. The summed E-state index contributed by atoms with van der Waals surface area (Å²) in [5, 5.41) is 0. The van der Waals surface area contributed by atoms with Crippen molar-refractivity contribution in [3.63, 3.8) is 0 Å². The monoisotopic (exact) mass is 310 g/mol. The van der Waals surface area contributed by atoms with Crippen LogP contribution >= 0.6 is 22.6 Å². The average Bonchev–Trinajstić information content (AvgIpc) is 2.29. The van der Waals surface area contributed by atoms with Gasteiger partial charge >= 0.3 is 0 Å². The lowest BCUT2D eigenvalue weighted by molar-refractivity contribution is 0.0945. The minimum atomic E-state index is 0.0179. The van der Waals surface area contributed by atoms with Crippen LogP contribution in [0.4, 0.5) is 0 Å². The molecule has 1 aromatic rings. The lowest BCUT2D eigenvalue weighted by atomic mass is 9.92. The Morgan fingerprint density at radius 1 is 1.27 bits per heavy atom. The van der Waals surface area contributed by atoms with Crippen molar-refractivity contribution in [2.75, 3.05) is 0 Å². The van der Waals surface area contributed by atoms with E-state index in [1.54, 1.807) is 0 Å². The third-order valence-corrected chi connectivity index (χ3v) is 3.23. The van der Waals surface area contributed by atoms with Gasteiger partial charge in [-0.15, -0.1) is 0 Å². The van der Waals surface area contributed by atoms with E-state index in [1.807, 2.05) is 42.5 Å². The van der Waals surface area contributed by atoms with Gasteiger partial charge in [-0.3, -0.25) is 4.79 Å². The average molecular weight is 310 g/mol. The molecule has 0 N–H and O–H groups in total. The minimum absolute atomic E-state index is 0.0179. The zero-order valence-electron chi connectivity index (χ0n) is 8.19. The Morgan fingerprint density at radius 3 is 2.67 bits per heavy atom. The van der Waals surface area contributed by atoms with E-state index in [4.69, 9.17) is 0 Å². The third kappa shape index (κ3) is 2.56. The van der Waals surface area contributed by atoms with Crippen LogP contribution < -0.4 is 0 Å². The number of hydrogen-bond donors (Lipinski definition) is 0. The number of benzene rings is 1. The number of carbonyl (C=O) groups is 1. The lowest BCUT2D eigenvalue weighted by Crippen LogP contribution is -2.13. The van der Waals surface area contributed by atoms with Crippen molar-refractivity contribution in [2.45, 2.75) is 6.42 Å². The molecule has 1 unspecified atom stereocenters. The molecular formula is C13H11IO. The van der Waals surface area contributed by atoms with E-state index in [0.29, 0.717) is 0 Å². The summed E-state index contributed by atoms with van der Waals surface area (Å²) in [5.41, 5.74) is 0.804. The topological polar surface area (TPSA) is 17.1 Å². The van der Waals surface area contributed by atoms with Crippen molar-refractivity contribution in [3.05, 3.63) is 57.7 Å². The van der Waals surface area contributed by atoms with Crippen LogP contribution in [0.1, 0.15) is 16.8 Å². The van der Waals surface area contributed by atoms with Gasteiger partial charge in [0.15, 0.2) is 5.78 Å². The van der Waals surface area contributed by atoms with Gasteiger partial charge in [0.25, 0.3) is 0 Å². The largest absolute Gasteiger partial charge is 0.294 e. The van der Waals surface area contributed by atoms with Crippen molar-refractivity contribution in [3.8, 4) is 0 Å². The zero-order valence-corrected chi connectivity index (χ0v) is 10.3. The first kappa shape index (κ1) is 10.6. The highest BCUT2D eigenvalue weighted by Crippen LogP contribution is 2.26. The molecule has 2 heteroatoms. The van der Waals surface area contributed by atoms with Gasteiger partial charge in [0.05, 0.1) is 0 Å². The predicted molar refractivity (Wildman–Crippen MR) is 70.1 cm³/mol. The summed E-state index contributed by atoms with van der Waals surface area (Å²) in [6.45, 7) is 0. The van der Waals surface area contributed by atoms with Gasteiger partial charge in [0.2, 0.25) is 0 Å². The molecule has 76 valence electrons. The van der Waals surface area contributed by atoms with Crippen LogP contribution in [0.2, 0.25) is 0 Å². The molecule has 0 spiro atoms. The molecule has 1 aromatic carbocycles. The minimum Gasteiger partial charge on any atom is -0.294 e. The van der Waals surface area contributed by atoms with Gasteiger partial charge in [-0.1, -0.05) is 48.6 Å². The maximum Gasteiger partial charge on any atom is 0.170 e. The van der Waals surface area contributed by atoms with Gasteiger partial charge in [0, 0.05) is 11.5 Å². The summed E-state index contributed by atoms with van der Waals surface area (Å²) < 4.78 is 1.24. The predicted octanol–water partition coefficient (Wildman–Crippen LogP) is 3.76. The van der Waals surface area contributed by atoms with Gasteiger partial charge in [-0.25, -0.2) is 0 Å². The van der Waals surface area contributed by atoms with Gasteiger partial charge in [-0.2, -0.15) is 0 Å². The molecule has 0 saturated heterocycles. The Bertz CT molecular complexity index is 417. The maximum atomic E-state index is 12.1. The van der Waals surface area contributed by atoms with Crippen LogP contribution in [0.15, 0.2) is 52.1 Å². The quantitative estimate of drug-likeness (QED) is 0.600. The molecule has 0 bridgehead atoms. The van der Waals surface area contributed by atoms with E-state index in [2.05, 4.69) is 28.7 Å². The number of carbonyl (C=O) groups excluding carboxylic acids is 1. The molecular weight excluding hydrogens is 299 g/mol. The van der Waals surface area contributed by atoms with Crippen molar-refractivity contribution in [1.82, 2.24) is 0 Å². The summed E-state index contributed by atoms with van der Waals surface area (Å²) >= 11 is 2.28. The van der Waals surface area contributed by atoms with E-state index in [0.717, 1.165) is 12.0 Å². The second-order valence-corrected chi connectivity index (χ2v) is 4.92. The summed E-state index contributed by atoms with van der Waals surface area (Å²) in [5.74, 6) is 0.235. The second kappa shape index (κ2) is 4.75. The number of ketones is 1. The van der Waals surface area contributed by atoms with Crippen LogP contribution in [0, 0.1) is 5.92 Å². The fourth-order valence-electron chi connectivity index (χ4n) is 1.64. The van der Waals surface area contributed by atoms with Crippen molar-refractivity contribution < 1.29 is 4.79 Å². The van der Waals surface area contributed by atoms with Gasteiger partial charge in [0.1, 0.15) is 0 Å². The molecule has 0 fully saturated rings. The molecule has 0 amide bonds. The highest BCUT2D eigenvalue weighted by Gasteiger charge is 2.19. The normalized spacial score (nSPS) is 19.8. The molecule has 2 rings (SSSR count). The summed E-state index contributed by atoms with van der Waals surface area (Å²) in [7, 11) is 0. The summed E-state index contributed by atoms with van der Waals surface area (Å²) in [4.78, 5) is 12.1. The van der Waals surface area contributed by atoms with E-state index in [1.165, 1.54) is 3.58 Å². The molecule has 0 aromatic heterocycles. The number of rotatable bonds is 2. The fraction of sp³-hybridized carbons (Fsp3) is 0.154. The fourth-order valence-corrected chi connectivity index (χ4v) is 2.32. The van der Waals surface area contributed by atoms with Crippen LogP contribution in [0.25, 0.3) is 0 Å². The zero-order chi connectivity index (χ0) is 10.7. The van der Waals surface area contributed by atoms with Crippen LogP contribution in [-0.2, 0) is 0 Å². The molecule has 0 radical (unpaired) electrons. The molecule has 1 atom stereocenters. The van der Waals surface area contributed by atoms with Crippen molar-refractivity contribution in [1.29, 1.82) is 0 Å². The Labute approximate surface area is 103 Å². The van der Waals surface area contributed by atoms with Crippen LogP contribution in [0.5, 0.6) is 0 Å². The molecule has 1 aliphatic carbocycles. The maximum absolute atomic E-state index is 12.1. The summed E-state index contributed by atoms with van der Waals surface area (Å²) in [6, 6.07) is 9.49. The van der Waals surface area contributed by atoms with Crippen LogP contribution in [0.3, 0.4) is 0 Å². The standard InChI is InChI=1S/C13H11IO/c14-12-8-4-7-11(9-12)13(15)10-5-2-1-3-6-10/h1-8,11H,9H2. The lowest BCUT2D eigenvalue weighted by Gasteiger charge is -2.14. The Balaban J connectivity index is 2.17. The Morgan fingerprint density at radius 2 is 2.00 bits per heavy atom. The number of hydrogen-bond acceptors (Lipinski definition) is 1. The number of halogens is 1. The molecule has 1 nitrogen and oxygen atoms in total. The molecule has 1 aliphatic rings. The van der Waals surface area contributed by atoms with Gasteiger partial charge in [-0.05, 0) is 32.6 Å². The van der Waals surface area contributed by atoms with E-state index >= 15 is 0 Å². The number of Topliss-reactive ketones (excluding diaryl/α,β-unsaturated/α-hetero) is 1. The second-order valence-electron chi connectivity index (χ2n) is 3.54. The first-order chi connectivity index (χ1) is 7.27. The van der Waals surface area contributed by atoms with E-state index < -0.39 is 0 Å². The van der Waals surface area contributed by atoms with Crippen molar-refractivity contribution >= 4 is 28.4 Å². The van der Waals surface area contributed by atoms with Crippen LogP contribution in [-0.4, -0.2) is 5.78 Å². The molecule has 0 heterocycles. The Kier molecular flexibility index (Phi) is 3.36. The summed E-state index contributed by atoms with van der Waals surface area (Å²) in [6.07, 6.45) is 6.84. The van der Waals surface area contributed by atoms with E-state index in [-0.39, 0.29) is 11.7 Å². The molecule has 0 aliphatic heterocycles. The molecule has 0 saturated carbocycles. The number of allylic oxidation sites excluding steroid dienone is 4. The van der Waals surface area contributed by atoms with Gasteiger partial charge < -0.3 is 0 Å². The first-order valence-corrected chi connectivity index (χ1v) is 5.97. The van der Waals surface area contributed by atoms with E-state index in [9.17, 15) is 4.79 Å². The van der Waals surface area contributed by atoms with Crippen molar-refractivity contribution in [2.24, 2.45) is 5.92 Å². The first-order valence-electron chi connectivity index (χ1n) is 4.89. The smallest absolute Gasteiger partial charge is 0.170 e. The highest BCUT2D eigenvalue weighted by molar-refractivity contribution is 14.1. The molecule has 15 heavy (non-hydrogen) atoms. The third-order valence-electron chi connectivity index (χ3n) is 2.43. The Hall–Kier alpha value is -0.900.